The van der Waals surface area contributed by atoms with Gasteiger partial charge in [-0.05, 0) is 113 Å². The molecule has 0 aliphatic heterocycles. The topological polar surface area (TPSA) is 44.2 Å². The Hall–Kier alpha value is -1.35. The van der Waals surface area contributed by atoms with E-state index >= 15 is 0 Å². The van der Waals surface area contributed by atoms with Crippen molar-refractivity contribution >= 4 is 16.6 Å². The summed E-state index contributed by atoms with van der Waals surface area (Å²) in [5.74, 6) is 0. The van der Waals surface area contributed by atoms with Gasteiger partial charge in [-0.1, -0.05) is 77.0 Å². The first-order valence-electron chi connectivity index (χ1n) is 17.4. The molecule has 2 heterocycles. The number of hydrogen-bond donors (Lipinski definition) is 0. The summed E-state index contributed by atoms with van der Waals surface area (Å²) in [4.78, 5) is 9.32. The average Bonchev–Trinajstić information content (AvgIpc) is 2.95. The lowest BCUT2D eigenvalue weighted by atomic mass is 10.0. The van der Waals surface area contributed by atoms with E-state index in [9.17, 15) is 0 Å². The van der Waals surface area contributed by atoms with Crippen molar-refractivity contribution in [3.05, 3.63) is 47.8 Å². The summed E-state index contributed by atoms with van der Waals surface area (Å²) < 4.78 is 11.9. The lowest BCUT2D eigenvalue weighted by Gasteiger charge is -2.21. The van der Waals surface area contributed by atoms with Gasteiger partial charge in [0.25, 0.3) is 0 Å². The highest BCUT2D eigenvalue weighted by Crippen LogP contribution is 2.21. The zero-order valence-electron chi connectivity index (χ0n) is 28.3. The zero-order valence-corrected chi connectivity index (χ0v) is 30.3. The molecule has 2 aromatic rings. The molecule has 0 amide bonds. The van der Waals surface area contributed by atoms with Gasteiger partial charge in [-0.25, -0.2) is 0 Å². The second kappa shape index (κ2) is 21.4. The predicted octanol–water partition coefficient (Wildman–Crippen LogP) is 11.2. The van der Waals surface area contributed by atoms with Gasteiger partial charge < -0.3 is 8.85 Å². The van der Waals surface area contributed by atoms with Crippen LogP contribution in [0.2, 0.25) is 38.3 Å². The van der Waals surface area contributed by atoms with Crippen molar-refractivity contribution in [1.29, 1.82) is 0 Å². The number of aryl methyl sites for hydroxylation is 2. The van der Waals surface area contributed by atoms with Crippen LogP contribution in [0.3, 0.4) is 0 Å². The number of pyridine rings is 2. The Morgan fingerprint density at radius 2 is 0.833 bits per heavy atom. The van der Waals surface area contributed by atoms with Crippen LogP contribution in [0.25, 0.3) is 11.4 Å². The number of nitrogens with zero attached hydrogens (tertiary/aromatic N) is 2. The monoisotopic (exact) mass is 612 g/mol. The Balaban J connectivity index is 1.59. The summed E-state index contributed by atoms with van der Waals surface area (Å²) in [6.07, 6.45) is 24.9. The van der Waals surface area contributed by atoms with Crippen molar-refractivity contribution in [2.75, 3.05) is 13.2 Å². The molecule has 0 fully saturated rings. The van der Waals surface area contributed by atoms with Gasteiger partial charge in [-0.15, -0.1) is 0 Å². The predicted molar refractivity (Wildman–Crippen MR) is 187 cm³/mol. The van der Waals surface area contributed by atoms with Crippen LogP contribution in [0.15, 0.2) is 36.7 Å². The standard InChI is InChI=1S/C36H64N2O2Si2/c1-7-39-41(3,4)29-21-17-13-9-11-15-19-23-33-25-27-37-35(31-33)36-32-34(26-28-38-36)24-20-16-12-10-14-18-22-30-42(5,6)40-8-2/h25-28,31-32H,7-24,29-30H2,1-6H3. The molecule has 0 unspecified atom stereocenters. The van der Waals surface area contributed by atoms with Crippen LogP contribution in [0.4, 0.5) is 0 Å². The molecule has 0 aliphatic carbocycles. The molecule has 0 atom stereocenters. The van der Waals surface area contributed by atoms with Crippen molar-refractivity contribution in [3.63, 3.8) is 0 Å². The van der Waals surface area contributed by atoms with E-state index in [2.05, 4.69) is 74.3 Å². The van der Waals surface area contributed by atoms with Crippen LogP contribution >= 0.6 is 0 Å². The third kappa shape index (κ3) is 17.1. The highest BCUT2D eigenvalue weighted by Gasteiger charge is 2.21. The van der Waals surface area contributed by atoms with Gasteiger partial charge in [0.2, 0.25) is 0 Å². The van der Waals surface area contributed by atoms with E-state index in [0.29, 0.717) is 0 Å². The largest absolute Gasteiger partial charge is 0.418 e. The Labute approximate surface area is 262 Å². The van der Waals surface area contributed by atoms with Crippen LogP contribution in [0, 0.1) is 0 Å². The van der Waals surface area contributed by atoms with E-state index in [0.717, 1.165) is 37.4 Å². The molecular weight excluding hydrogens is 549 g/mol. The lowest BCUT2D eigenvalue weighted by Crippen LogP contribution is -2.29. The van der Waals surface area contributed by atoms with Crippen molar-refractivity contribution in [1.82, 2.24) is 9.97 Å². The van der Waals surface area contributed by atoms with Gasteiger partial charge >= 0.3 is 0 Å². The minimum absolute atomic E-state index is 0.873. The molecule has 0 saturated carbocycles. The van der Waals surface area contributed by atoms with Crippen molar-refractivity contribution in [3.8, 4) is 11.4 Å². The maximum Gasteiger partial charge on any atom is 0.186 e. The minimum atomic E-state index is -1.39. The first kappa shape index (κ1) is 36.8. The molecule has 2 rings (SSSR count). The average molecular weight is 613 g/mol. The number of hydrogen-bond acceptors (Lipinski definition) is 4. The van der Waals surface area contributed by atoms with Crippen LogP contribution < -0.4 is 0 Å². The highest BCUT2D eigenvalue weighted by atomic mass is 28.4. The summed E-state index contributed by atoms with van der Waals surface area (Å²) in [7, 11) is -2.77. The van der Waals surface area contributed by atoms with Gasteiger partial charge in [0.1, 0.15) is 0 Å². The minimum Gasteiger partial charge on any atom is -0.418 e. The first-order chi connectivity index (χ1) is 20.2. The molecular formula is C36H64N2O2Si2. The third-order valence-corrected chi connectivity index (χ3v) is 13.7. The van der Waals surface area contributed by atoms with E-state index < -0.39 is 16.6 Å². The fourth-order valence-corrected chi connectivity index (χ4v) is 10.0. The zero-order chi connectivity index (χ0) is 30.5. The smallest absolute Gasteiger partial charge is 0.186 e. The first-order valence-corrected chi connectivity index (χ1v) is 23.7. The normalized spacial score (nSPS) is 12.2. The summed E-state index contributed by atoms with van der Waals surface area (Å²) >= 11 is 0. The Bertz CT molecular complexity index is 889. The quantitative estimate of drug-likeness (QED) is 0.0826. The van der Waals surface area contributed by atoms with E-state index in [1.807, 2.05) is 12.4 Å². The molecule has 4 nitrogen and oxygen atoms in total. The van der Waals surface area contributed by atoms with Crippen LogP contribution in [-0.4, -0.2) is 39.8 Å². The molecule has 0 aliphatic rings. The highest BCUT2D eigenvalue weighted by molar-refractivity contribution is 6.71. The number of unbranched alkanes of at least 4 members (excludes halogenated alkanes) is 12. The number of rotatable bonds is 25. The van der Waals surface area contributed by atoms with Crippen molar-refractivity contribution < 1.29 is 8.85 Å². The summed E-state index contributed by atoms with van der Waals surface area (Å²) in [5.41, 5.74) is 4.81. The van der Waals surface area contributed by atoms with Crippen LogP contribution in [-0.2, 0) is 21.7 Å². The Morgan fingerprint density at radius 3 is 1.19 bits per heavy atom. The molecule has 0 bridgehead atoms. The molecule has 0 aromatic carbocycles. The van der Waals surface area contributed by atoms with E-state index in [-0.39, 0.29) is 0 Å². The molecule has 0 N–H and O–H groups in total. The molecule has 0 spiro atoms. The molecule has 2 aromatic heterocycles. The van der Waals surface area contributed by atoms with Gasteiger partial charge in [0.05, 0.1) is 11.4 Å². The van der Waals surface area contributed by atoms with Crippen LogP contribution in [0.5, 0.6) is 0 Å². The summed E-state index contributed by atoms with van der Waals surface area (Å²) in [6, 6.07) is 11.5. The van der Waals surface area contributed by atoms with Crippen molar-refractivity contribution in [2.45, 2.75) is 155 Å². The van der Waals surface area contributed by atoms with Crippen molar-refractivity contribution in [2.24, 2.45) is 0 Å². The second-order valence-corrected chi connectivity index (χ2v) is 22.0. The van der Waals surface area contributed by atoms with E-state index in [1.54, 1.807) is 0 Å². The maximum atomic E-state index is 5.95. The molecule has 0 radical (unpaired) electrons. The molecule has 238 valence electrons. The lowest BCUT2D eigenvalue weighted by molar-refractivity contribution is 0.327. The Morgan fingerprint density at radius 1 is 0.500 bits per heavy atom. The summed E-state index contributed by atoms with van der Waals surface area (Å²) in [6.45, 7) is 15.4. The Kier molecular flexibility index (Phi) is 18.7. The van der Waals surface area contributed by atoms with Gasteiger partial charge in [-0.3, -0.25) is 9.97 Å². The fourth-order valence-electron chi connectivity index (χ4n) is 5.99. The summed E-state index contributed by atoms with van der Waals surface area (Å²) in [5, 5.41) is 0. The van der Waals surface area contributed by atoms with E-state index in [1.165, 1.54) is 113 Å². The van der Waals surface area contributed by atoms with Gasteiger partial charge in [-0.2, -0.15) is 0 Å². The molecule has 0 saturated heterocycles. The van der Waals surface area contributed by atoms with E-state index in [4.69, 9.17) is 8.85 Å². The van der Waals surface area contributed by atoms with Crippen LogP contribution in [0.1, 0.15) is 115 Å². The molecule has 42 heavy (non-hydrogen) atoms. The van der Waals surface area contributed by atoms with Gasteiger partial charge in [0.15, 0.2) is 16.6 Å². The fraction of sp³-hybridized carbons (Fsp3) is 0.722. The SMILES string of the molecule is CCO[Si](C)(C)CCCCCCCCCc1ccnc(-c2cc(CCCCCCCCC[Si](C)(C)OCC)ccn2)c1. The third-order valence-electron chi connectivity index (χ3n) is 8.47. The maximum absolute atomic E-state index is 5.95. The second-order valence-electron chi connectivity index (χ2n) is 13.4. The molecule has 6 heteroatoms. The number of aromatic nitrogens is 2. The van der Waals surface area contributed by atoms with Gasteiger partial charge in [0, 0.05) is 25.6 Å².